The third kappa shape index (κ3) is 6.58. The van der Waals surface area contributed by atoms with Crippen LogP contribution in [-0.4, -0.2) is 38.1 Å². The highest BCUT2D eigenvalue weighted by Crippen LogP contribution is 2.40. The molecule has 2 amide bonds. The molecule has 2 fully saturated rings. The van der Waals surface area contributed by atoms with Gasteiger partial charge in [-0.15, -0.1) is 0 Å². The molecule has 2 aromatic carbocycles. The Morgan fingerprint density at radius 2 is 1.84 bits per heavy atom. The van der Waals surface area contributed by atoms with Gasteiger partial charge in [-0.25, -0.2) is 11.5 Å². The molecule has 0 spiro atoms. The van der Waals surface area contributed by atoms with Gasteiger partial charge in [0.2, 0.25) is 0 Å². The lowest BCUT2D eigenvalue weighted by Crippen LogP contribution is -2.39. The molecule has 0 radical (unpaired) electrons. The summed E-state index contributed by atoms with van der Waals surface area (Å²) < 4.78 is 40.9. The molecule has 38 heavy (non-hydrogen) atoms. The minimum atomic E-state index is -3.99. The van der Waals surface area contributed by atoms with Gasteiger partial charge in [0.15, 0.2) is 0 Å². The van der Waals surface area contributed by atoms with Gasteiger partial charge in [0.1, 0.15) is 0 Å². The van der Waals surface area contributed by atoms with Crippen LogP contribution in [0.15, 0.2) is 52.3 Å². The molecule has 1 aliphatic heterocycles. The zero-order chi connectivity index (χ0) is 27.5. The van der Waals surface area contributed by atoms with E-state index in [4.69, 9.17) is 16.4 Å². The Hall–Kier alpha value is -2.00. The summed E-state index contributed by atoms with van der Waals surface area (Å²) in [6.07, 6.45) is 7.08. The summed E-state index contributed by atoms with van der Waals surface area (Å²) in [5.41, 5.74) is 1.10. The molecule has 2 aliphatic rings. The fourth-order valence-corrected chi connectivity index (χ4v) is 7.58. The van der Waals surface area contributed by atoms with Crippen LogP contribution in [0.2, 0.25) is 5.02 Å². The monoisotopic (exact) mass is 691 g/mol. The lowest BCUT2D eigenvalue weighted by Gasteiger charge is -2.35. The molecule has 2 aromatic rings. The van der Waals surface area contributed by atoms with Crippen molar-refractivity contribution in [2.24, 2.45) is 5.41 Å². The van der Waals surface area contributed by atoms with Crippen molar-refractivity contribution in [3.8, 4) is 0 Å². The van der Waals surface area contributed by atoms with E-state index in [9.17, 15) is 21.1 Å². The van der Waals surface area contributed by atoms with Crippen molar-refractivity contribution in [1.82, 2.24) is 4.90 Å². The van der Waals surface area contributed by atoms with E-state index >= 15 is 0 Å². The van der Waals surface area contributed by atoms with Crippen LogP contribution in [0.25, 0.3) is 6.08 Å². The number of anilines is 2. The number of carbonyl (C=O) groups excluding carboxylic acids is 2. The Bertz CT molecular complexity index is 1380. The van der Waals surface area contributed by atoms with Crippen LogP contribution in [0.4, 0.5) is 16.2 Å². The second kappa shape index (κ2) is 12.0. The first-order valence-corrected chi connectivity index (χ1v) is 16.4. The number of carbonyl (C=O) groups is 2. The molecule has 1 saturated heterocycles. The zero-order valence-corrected chi connectivity index (χ0v) is 25.3. The van der Waals surface area contributed by atoms with E-state index in [1.54, 1.807) is 30.3 Å². The summed E-state index contributed by atoms with van der Waals surface area (Å²) in [6.45, 7) is 2.57. The molecule has 13 heteroatoms. The summed E-state index contributed by atoms with van der Waals surface area (Å²) in [4.78, 5) is 32.2. The number of amides is 2. The van der Waals surface area contributed by atoms with Gasteiger partial charge in [0.25, 0.3) is 42.6 Å². The summed E-state index contributed by atoms with van der Waals surface area (Å²) in [5, 5.41) is -0.0612. The molecule has 0 unspecified atom stereocenters. The number of hydrogen-bond acceptors (Lipinski definition) is 7. The first-order chi connectivity index (χ1) is 18.0. The zero-order valence-electron chi connectivity index (χ0n) is 20.8. The van der Waals surface area contributed by atoms with Crippen molar-refractivity contribution in [1.29, 1.82) is 0 Å². The van der Waals surface area contributed by atoms with Crippen LogP contribution >= 0.6 is 44.8 Å². The lowest BCUT2D eigenvalue weighted by molar-refractivity contribution is -0.124. The van der Waals surface area contributed by atoms with Gasteiger partial charge >= 0.3 is 0 Å². The molecular weight excluding hydrogens is 665 g/mol. The van der Waals surface area contributed by atoms with E-state index in [1.807, 2.05) is 0 Å². The lowest BCUT2D eigenvalue weighted by atomic mass is 9.75. The predicted octanol–water partition coefficient (Wildman–Crippen LogP) is 6.75. The minimum Gasteiger partial charge on any atom is -0.280 e. The highest BCUT2D eigenvalue weighted by molar-refractivity contribution is 14.1. The highest BCUT2D eigenvalue weighted by Gasteiger charge is 2.40. The van der Waals surface area contributed by atoms with Crippen LogP contribution in [0.1, 0.15) is 44.6 Å². The Kier molecular flexibility index (Phi) is 9.18. The summed E-state index contributed by atoms with van der Waals surface area (Å²) in [5.74, 6) is -0.291. The van der Waals surface area contributed by atoms with Gasteiger partial charge in [0, 0.05) is 12.2 Å². The van der Waals surface area contributed by atoms with Crippen molar-refractivity contribution in [3.05, 3.63) is 58.0 Å². The molecule has 1 heterocycles. The molecule has 204 valence electrons. The van der Waals surface area contributed by atoms with Crippen molar-refractivity contribution < 1.29 is 25.9 Å². The second-order valence-corrected chi connectivity index (χ2v) is 13.8. The molecule has 0 atom stereocenters. The number of thioether (sulfide) groups is 1. The molecule has 1 N–H and O–H groups in total. The number of nitrogens with one attached hydrogen (secondary N) is 1. The Morgan fingerprint density at radius 1 is 1.16 bits per heavy atom. The fourth-order valence-electron chi connectivity index (χ4n) is 4.55. The van der Waals surface area contributed by atoms with Gasteiger partial charge < -0.3 is 0 Å². The first-order valence-electron chi connectivity index (χ1n) is 11.8. The summed E-state index contributed by atoms with van der Waals surface area (Å²) >= 11 is 5.27. The first kappa shape index (κ1) is 29.0. The predicted molar refractivity (Wildman–Crippen MR) is 157 cm³/mol. The van der Waals surface area contributed by atoms with E-state index in [-0.39, 0.29) is 32.2 Å². The van der Waals surface area contributed by atoms with Crippen LogP contribution in [0.5, 0.6) is 0 Å². The average molecular weight is 692 g/mol. The van der Waals surface area contributed by atoms with Crippen LogP contribution in [0, 0.1) is 5.41 Å². The molecule has 1 aliphatic carbocycles. The highest BCUT2D eigenvalue weighted by atomic mass is 127. The van der Waals surface area contributed by atoms with Crippen molar-refractivity contribution in [3.63, 3.8) is 0 Å². The molecule has 0 bridgehead atoms. The third-order valence-electron chi connectivity index (χ3n) is 6.58. The Labute approximate surface area is 241 Å². The van der Waals surface area contributed by atoms with E-state index in [1.165, 1.54) is 36.6 Å². The summed E-state index contributed by atoms with van der Waals surface area (Å²) in [6, 6.07) is 10.5. The third-order valence-corrected chi connectivity index (χ3v) is 10.5. The van der Waals surface area contributed by atoms with Crippen LogP contribution in [-0.2, 0) is 22.7 Å². The maximum absolute atomic E-state index is 13.0. The maximum atomic E-state index is 13.0. The number of rotatable bonds is 9. The summed E-state index contributed by atoms with van der Waals surface area (Å²) in [7, 11) is -2.67. The van der Waals surface area contributed by atoms with Gasteiger partial charge in [-0.1, -0.05) is 49.9 Å². The average Bonchev–Trinajstić information content (AvgIpc) is 3.14. The number of hydrogen-bond donors (Lipinski definition) is 1. The van der Waals surface area contributed by atoms with E-state index in [2.05, 4.69) is 11.6 Å². The van der Waals surface area contributed by atoms with E-state index in [0.717, 1.165) is 40.7 Å². The number of halogens is 2. The normalized spacial score (nSPS) is 18.7. The van der Waals surface area contributed by atoms with Crippen molar-refractivity contribution in [2.45, 2.75) is 43.9 Å². The minimum absolute atomic E-state index is 0.0401. The SMILES string of the molecule is CON(I=O)c1cc(S(=O)(=O)Nc2ccc(/C=C3\SC(=O)N(CC4(C)CCCCC4)C3=O)cc2)ccc1Cl. The second-order valence-electron chi connectivity index (χ2n) is 9.48. The molecule has 4 rings (SSSR count). The number of nitrogens with zero attached hydrogens (tertiary/aromatic N) is 2. The largest absolute Gasteiger partial charge is 0.300 e. The quantitative estimate of drug-likeness (QED) is 0.133. The van der Waals surface area contributed by atoms with Crippen molar-refractivity contribution in [2.75, 3.05) is 21.7 Å². The molecule has 9 nitrogen and oxygen atoms in total. The number of sulfonamides is 1. The number of imide groups is 1. The van der Waals surface area contributed by atoms with Gasteiger partial charge in [-0.05, 0) is 72.0 Å². The maximum Gasteiger partial charge on any atom is 0.300 e. The fraction of sp³-hybridized carbons (Fsp3) is 0.360. The van der Waals surface area contributed by atoms with Gasteiger partial charge in [0.05, 0.1) is 27.6 Å². The molecule has 1 saturated carbocycles. The van der Waals surface area contributed by atoms with Gasteiger partial charge in [-0.2, -0.15) is 3.28 Å². The standard InChI is InChI=1S/C25H27ClIN3O6S2/c1-25(12-4-3-5-13-25)16-29-23(31)22(37-24(29)32)14-17-6-8-18(9-7-17)28-38(34,35)19-10-11-20(26)21(15-19)30(27-33)36-2/h6-11,14-15,28H,3-5,12-13,16H2,1-2H3/b22-14-. The van der Waals surface area contributed by atoms with Crippen LogP contribution in [0.3, 0.4) is 0 Å². The Balaban J connectivity index is 1.47. The van der Waals surface area contributed by atoms with E-state index < -0.39 is 31.5 Å². The van der Waals surface area contributed by atoms with Gasteiger partial charge in [-0.3, -0.25) is 24.0 Å². The topological polar surface area (TPSA) is 113 Å². The van der Waals surface area contributed by atoms with E-state index in [0.29, 0.717) is 22.7 Å². The smallest absolute Gasteiger partial charge is 0.280 e. The number of benzene rings is 2. The molecule has 0 aromatic heterocycles. The Morgan fingerprint density at radius 3 is 2.47 bits per heavy atom. The van der Waals surface area contributed by atoms with Crippen molar-refractivity contribution >= 4 is 83.4 Å². The molecular formula is C25H27ClIN3O6S2. The van der Waals surface area contributed by atoms with Crippen LogP contribution < -0.4 is 8.00 Å².